The number of aryl methyl sites for hydroxylation is 1. The van der Waals surface area contributed by atoms with Crippen LogP contribution >= 0.6 is 11.3 Å². The van der Waals surface area contributed by atoms with Gasteiger partial charge in [0.25, 0.3) is 5.19 Å². The van der Waals surface area contributed by atoms with Crippen molar-refractivity contribution in [2.24, 2.45) is 0 Å². The fraction of sp³-hybridized carbons (Fsp3) is 0.250. The molecule has 0 atom stereocenters. The van der Waals surface area contributed by atoms with Crippen LogP contribution in [0, 0.1) is 0 Å². The van der Waals surface area contributed by atoms with E-state index in [-0.39, 0.29) is 6.10 Å². The van der Waals surface area contributed by atoms with Gasteiger partial charge in [-0.25, -0.2) is 4.98 Å². The topological polar surface area (TPSA) is 40.6 Å². The number of aromatic nitrogens is 1. The molecule has 3 rings (SSSR count). The number of nitrogens with zero attached hydrogens (tertiary/aromatic N) is 1. The lowest BCUT2D eigenvalue weighted by Crippen LogP contribution is -2.05. The molecule has 0 fully saturated rings. The van der Waals surface area contributed by atoms with Crippen LogP contribution in [-0.4, -0.2) is 11.1 Å². The zero-order chi connectivity index (χ0) is 17.6. The minimum absolute atomic E-state index is 0.146. The Balaban J connectivity index is 1.72. The summed E-state index contributed by atoms with van der Waals surface area (Å²) in [4.78, 5) is 4.29. The third-order valence-electron chi connectivity index (χ3n) is 3.41. The van der Waals surface area contributed by atoms with Crippen LogP contribution in [0.15, 0.2) is 54.7 Å². The molecule has 4 nitrogen and oxygen atoms in total. The Morgan fingerprint density at radius 2 is 1.80 bits per heavy atom. The standard InChI is InChI=1S/C20H21NO3S/c1-4-15-12-17(22-14(2)3)10-11-18(15)24-20-21-13-19(25-20)23-16-8-6-5-7-9-16/h5-14H,4H2,1-3H3. The Bertz CT molecular complexity index is 815. The second-order valence-electron chi connectivity index (χ2n) is 5.75. The van der Waals surface area contributed by atoms with E-state index in [1.54, 1.807) is 6.20 Å². The Morgan fingerprint density at radius 1 is 1.00 bits per heavy atom. The van der Waals surface area contributed by atoms with E-state index in [4.69, 9.17) is 14.2 Å². The molecule has 0 bridgehead atoms. The zero-order valence-electron chi connectivity index (χ0n) is 14.6. The van der Waals surface area contributed by atoms with Gasteiger partial charge >= 0.3 is 0 Å². The molecule has 0 radical (unpaired) electrons. The van der Waals surface area contributed by atoms with Crippen molar-refractivity contribution in [2.45, 2.75) is 33.3 Å². The molecular weight excluding hydrogens is 334 g/mol. The van der Waals surface area contributed by atoms with E-state index in [9.17, 15) is 0 Å². The number of para-hydroxylation sites is 1. The molecule has 1 heterocycles. The predicted octanol–water partition coefficient (Wildman–Crippen LogP) is 6.08. The number of ether oxygens (including phenoxy) is 3. The summed E-state index contributed by atoms with van der Waals surface area (Å²) >= 11 is 1.37. The van der Waals surface area contributed by atoms with E-state index in [0.29, 0.717) is 10.3 Å². The summed E-state index contributed by atoms with van der Waals surface area (Å²) in [7, 11) is 0. The van der Waals surface area contributed by atoms with Gasteiger partial charge in [-0.05, 0) is 67.5 Å². The van der Waals surface area contributed by atoms with Gasteiger partial charge in [-0.2, -0.15) is 0 Å². The highest BCUT2D eigenvalue weighted by Crippen LogP contribution is 2.36. The summed E-state index contributed by atoms with van der Waals surface area (Å²) in [6.45, 7) is 6.12. The molecule has 25 heavy (non-hydrogen) atoms. The Labute approximate surface area is 152 Å². The minimum atomic E-state index is 0.146. The second kappa shape index (κ2) is 8.03. The first-order valence-corrected chi connectivity index (χ1v) is 9.12. The number of hydrogen-bond donors (Lipinski definition) is 0. The minimum Gasteiger partial charge on any atom is -0.491 e. The Hall–Kier alpha value is -2.53. The Kier molecular flexibility index (Phi) is 5.56. The number of rotatable bonds is 7. The van der Waals surface area contributed by atoms with Gasteiger partial charge in [-0.3, -0.25) is 0 Å². The lowest BCUT2D eigenvalue weighted by atomic mass is 10.1. The molecule has 1 aromatic heterocycles. The van der Waals surface area contributed by atoms with Crippen molar-refractivity contribution in [3.05, 3.63) is 60.3 Å². The van der Waals surface area contributed by atoms with Gasteiger partial charge in [-0.1, -0.05) is 25.1 Å². The molecule has 0 aliphatic carbocycles. The average Bonchev–Trinajstić information content (AvgIpc) is 3.03. The van der Waals surface area contributed by atoms with Crippen LogP contribution in [0.4, 0.5) is 0 Å². The van der Waals surface area contributed by atoms with Gasteiger partial charge in [0.1, 0.15) is 17.2 Å². The molecule has 3 aromatic rings. The molecule has 0 N–H and O–H groups in total. The van der Waals surface area contributed by atoms with Crippen molar-refractivity contribution < 1.29 is 14.2 Å². The van der Waals surface area contributed by atoms with Crippen LogP contribution in [0.5, 0.6) is 27.5 Å². The van der Waals surface area contributed by atoms with Crippen molar-refractivity contribution in [1.82, 2.24) is 4.98 Å². The fourth-order valence-corrected chi connectivity index (χ4v) is 2.97. The van der Waals surface area contributed by atoms with Gasteiger partial charge < -0.3 is 14.2 Å². The third kappa shape index (κ3) is 4.73. The van der Waals surface area contributed by atoms with Gasteiger partial charge in [-0.15, -0.1) is 0 Å². The lowest BCUT2D eigenvalue weighted by Gasteiger charge is -2.13. The number of thiazole rings is 1. The van der Waals surface area contributed by atoms with Crippen molar-refractivity contribution >= 4 is 11.3 Å². The molecular formula is C20H21NO3S. The highest BCUT2D eigenvalue weighted by Gasteiger charge is 2.10. The molecule has 5 heteroatoms. The summed E-state index contributed by atoms with van der Waals surface area (Å²) < 4.78 is 17.5. The first kappa shape index (κ1) is 17.3. The van der Waals surface area contributed by atoms with Crippen LogP contribution in [0.3, 0.4) is 0 Å². The molecule has 0 amide bonds. The molecule has 0 aliphatic rings. The first-order valence-electron chi connectivity index (χ1n) is 8.30. The largest absolute Gasteiger partial charge is 0.491 e. The SMILES string of the molecule is CCc1cc(OC(C)C)ccc1Oc1ncc(Oc2ccccc2)s1. The van der Waals surface area contributed by atoms with Crippen LogP contribution in [-0.2, 0) is 6.42 Å². The maximum absolute atomic E-state index is 5.95. The van der Waals surface area contributed by atoms with E-state index < -0.39 is 0 Å². The molecule has 0 saturated heterocycles. The molecule has 0 spiro atoms. The van der Waals surface area contributed by atoms with Gasteiger partial charge in [0.2, 0.25) is 5.06 Å². The number of benzene rings is 2. The van der Waals surface area contributed by atoms with Crippen LogP contribution in [0.1, 0.15) is 26.3 Å². The van der Waals surface area contributed by atoms with Crippen LogP contribution in [0.25, 0.3) is 0 Å². The smallest absolute Gasteiger partial charge is 0.282 e. The average molecular weight is 355 g/mol. The summed E-state index contributed by atoms with van der Waals surface area (Å²) in [5.74, 6) is 2.42. The van der Waals surface area contributed by atoms with Crippen LogP contribution < -0.4 is 14.2 Å². The lowest BCUT2D eigenvalue weighted by molar-refractivity contribution is 0.242. The van der Waals surface area contributed by atoms with E-state index in [0.717, 1.165) is 29.2 Å². The third-order valence-corrected chi connectivity index (χ3v) is 4.16. The fourth-order valence-electron chi connectivity index (χ4n) is 2.31. The molecule has 0 aliphatic heterocycles. The maximum atomic E-state index is 5.95. The number of hydrogen-bond acceptors (Lipinski definition) is 5. The van der Waals surface area contributed by atoms with E-state index >= 15 is 0 Å². The highest BCUT2D eigenvalue weighted by molar-refractivity contribution is 7.15. The van der Waals surface area contributed by atoms with Crippen molar-refractivity contribution in [3.8, 4) is 27.5 Å². The summed E-state index contributed by atoms with van der Waals surface area (Å²) in [6, 6.07) is 15.5. The van der Waals surface area contributed by atoms with Gasteiger partial charge in [0.15, 0.2) is 0 Å². The molecule has 130 valence electrons. The predicted molar refractivity (Wildman–Crippen MR) is 100 cm³/mol. The summed E-state index contributed by atoms with van der Waals surface area (Å²) in [5.41, 5.74) is 1.08. The van der Waals surface area contributed by atoms with Crippen molar-refractivity contribution in [3.63, 3.8) is 0 Å². The second-order valence-corrected chi connectivity index (χ2v) is 6.71. The summed E-state index contributed by atoms with van der Waals surface area (Å²) in [6.07, 6.45) is 2.67. The maximum Gasteiger partial charge on any atom is 0.282 e. The quantitative estimate of drug-likeness (QED) is 0.515. The summed E-state index contributed by atoms with van der Waals surface area (Å²) in [5, 5.41) is 1.25. The van der Waals surface area contributed by atoms with E-state index in [2.05, 4.69) is 11.9 Å². The normalized spacial score (nSPS) is 10.7. The van der Waals surface area contributed by atoms with Crippen LogP contribution in [0.2, 0.25) is 0 Å². The molecule has 0 unspecified atom stereocenters. The molecule has 2 aromatic carbocycles. The zero-order valence-corrected chi connectivity index (χ0v) is 15.4. The Morgan fingerprint density at radius 3 is 2.52 bits per heavy atom. The van der Waals surface area contributed by atoms with Crippen molar-refractivity contribution in [1.29, 1.82) is 0 Å². The molecule has 0 saturated carbocycles. The van der Waals surface area contributed by atoms with E-state index in [1.165, 1.54) is 11.3 Å². The van der Waals surface area contributed by atoms with Gasteiger partial charge in [0.05, 0.1) is 12.3 Å². The monoisotopic (exact) mass is 355 g/mol. The van der Waals surface area contributed by atoms with Gasteiger partial charge in [0, 0.05) is 0 Å². The first-order chi connectivity index (χ1) is 12.1. The highest BCUT2D eigenvalue weighted by atomic mass is 32.1. The van der Waals surface area contributed by atoms with Crippen molar-refractivity contribution in [2.75, 3.05) is 0 Å². The van der Waals surface area contributed by atoms with E-state index in [1.807, 2.05) is 62.4 Å².